The van der Waals surface area contributed by atoms with Crippen LogP contribution in [-0.2, 0) is 4.79 Å². The van der Waals surface area contributed by atoms with Gasteiger partial charge in [-0.1, -0.05) is 50.5 Å². The van der Waals surface area contributed by atoms with E-state index in [1.807, 2.05) is 18.2 Å². The van der Waals surface area contributed by atoms with E-state index in [2.05, 4.69) is 6.92 Å². The van der Waals surface area contributed by atoms with Crippen molar-refractivity contribution in [2.24, 2.45) is 11.8 Å². The molecule has 1 saturated carbocycles. The Hall–Kier alpha value is -1.17. The lowest BCUT2D eigenvalue weighted by Gasteiger charge is -2.23. The number of hydrogen-bond acceptors (Lipinski definition) is 4. The van der Waals surface area contributed by atoms with Gasteiger partial charge >= 0.3 is 5.97 Å². The molecule has 0 aromatic rings. The Labute approximate surface area is 157 Å². The highest BCUT2D eigenvalue weighted by atomic mass is 16.4. The zero-order valence-corrected chi connectivity index (χ0v) is 16.2. The molecule has 0 spiro atoms. The van der Waals surface area contributed by atoms with E-state index in [1.54, 1.807) is 13.0 Å². The first-order valence-electron chi connectivity index (χ1n) is 9.91. The Bertz CT molecular complexity index is 469. The topological polar surface area (TPSA) is 98.0 Å². The molecule has 0 saturated heterocycles. The van der Waals surface area contributed by atoms with Crippen molar-refractivity contribution in [1.29, 1.82) is 0 Å². The summed E-state index contributed by atoms with van der Waals surface area (Å²) in [6.07, 6.45) is 12.7. The molecule has 26 heavy (non-hydrogen) atoms. The molecule has 0 radical (unpaired) electrons. The molecule has 1 unspecified atom stereocenters. The summed E-state index contributed by atoms with van der Waals surface area (Å²) in [5, 5.41) is 39.6. The third-order valence-corrected chi connectivity index (χ3v) is 5.22. The van der Waals surface area contributed by atoms with Crippen molar-refractivity contribution in [2.75, 3.05) is 0 Å². The highest BCUT2D eigenvalue weighted by molar-refractivity contribution is 5.66. The molecule has 0 bridgehead atoms. The highest BCUT2D eigenvalue weighted by Gasteiger charge is 2.39. The number of carboxylic acid groups (broad SMARTS) is 1. The van der Waals surface area contributed by atoms with Crippen molar-refractivity contribution in [1.82, 2.24) is 0 Å². The monoisotopic (exact) mass is 368 g/mol. The van der Waals surface area contributed by atoms with Crippen LogP contribution in [0.1, 0.15) is 71.6 Å². The van der Waals surface area contributed by atoms with E-state index in [-0.39, 0.29) is 18.3 Å². The van der Waals surface area contributed by atoms with Crippen molar-refractivity contribution in [3.8, 4) is 0 Å². The van der Waals surface area contributed by atoms with Crippen molar-refractivity contribution in [3.63, 3.8) is 0 Å². The summed E-state index contributed by atoms with van der Waals surface area (Å²) in [6, 6.07) is 0. The first kappa shape index (κ1) is 22.9. The second kappa shape index (κ2) is 11.5. The normalized spacial score (nSPS) is 28.8. The van der Waals surface area contributed by atoms with Crippen molar-refractivity contribution >= 4 is 5.97 Å². The average Bonchev–Trinajstić information content (AvgIpc) is 2.82. The quantitative estimate of drug-likeness (QED) is 0.312. The fourth-order valence-electron chi connectivity index (χ4n) is 3.58. The molecular weight excluding hydrogens is 332 g/mol. The zero-order chi connectivity index (χ0) is 19.6. The van der Waals surface area contributed by atoms with E-state index < -0.39 is 23.8 Å². The largest absolute Gasteiger partial charge is 0.481 e. The second-order valence-corrected chi connectivity index (χ2v) is 7.78. The van der Waals surface area contributed by atoms with E-state index in [0.717, 1.165) is 19.3 Å². The summed E-state index contributed by atoms with van der Waals surface area (Å²) in [7, 11) is 0. The summed E-state index contributed by atoms with van der Waals surface area (Å²) in [6.45, 7) is 3.91. The summed E-state index contributed by atoms with van der Waals surface area (Å²) in [5.41, 5.74) is -0.889. The zero-order valence-electron chi connectivity index (χ0n) is 16.2. The van der Waals surface area contributed by atoms with Gasteiger partial charge in [-0.25, -0.2) is 0 Å². The van der Waals surface area contributed by atoms with Gasteiger partial charge in [0.2, 0.25) is 0 Å². The van der Waals surface area contributed by atoms with Crippen LogP contribution in [0.5, 0.6) is 0 Å². The number of rotatable bonds is 12. The molecule has 1 rings (SSSR count). The minimum atomic E-state index is -0.889. The molecule has 0 aromatic carbocycles. The summed E-state index contributed by atoms with van der Waals surface area (Å²) >= 11 is 0. The van der Waals surface area contributed by atoms with Gasteiger partial charge in [-0.2, -0.15) is 0 Å². The summed E-state index contributed by atoms with van der Waals surface area (Å²) in [5.74, 6) is -1.04. The molecule has 1 aliphatic rings. The Kier molecular flexibility index (Phi) is 10.1. The molecule has 5 atom stereocenters. The number of unbranched alkanes of at least 4 members (excludes halogenated alkanes) is 3. The number of aliphatic hydroxyl groups excluding tert-OH is 2. The number of carbonyl (C=O) groups is 1. The summed E-state index contributed by atoms with van der Waals surface area (Å²) < 4.78 is 0. The number of carboxylic acids is 1. The van der Waals surface area contributed by atoms with E-state index >= 15 is 0 Å². The van der Waals surface area contributed by atoms with E-state index in [4.69, 9.17) is 5.11 Å². The molecule has 1 aliphatic carbocycles. The van der Waals surface area contributed by atoms with Crippen LogP contribution in [0.15, 0.2) is 24.3 Å². The predicted octanol–water partition coefficient (Wildman–Crippen LogP) is 3.43. The third-order valence-electron chi connectivity index (χ3n) is 5.22. The SMILES string of the molecule is CCCCC[C@@](C)(O)/C=C/[C@@H]1C(C/C=C\CCCC(=O)O)[C@@H](O)C[C@H]1O. The third kappa shape index (κ3) is 8.47. The smallest absolute Gasteiger partial charge is 0.303 e. The van der Waals surface area contributed by atoms with E-state index in [1.165, 1.54) is 0 Å². The van der Waals surface area contributed by atoms with Crippen LogP contribution in [0.4, 0.5) is 0 Å². The lowest BCUT2D eigenvalue weighted by molar-refractivity contribution is -0.137. The van der Waals surface area contributed by atoms with Gasteiger partial charge in [0.25, 0.3) is 0 Å². The Morgan fingerprint density at radius 3 is 2.54 bits per heavy atom. The van der Waals surface area contributed by atoms with Crippen LogP contribution in [0.3, 0.4) is 0 Å². The first-order valence-corrected chi connectivity index (χ1v) is 9.91. The van der Waals surface area contributed by atoms with Crippen LogP contribution in [0, 0.1) is 11.8 Å². The van der Waals surface area contributed by atoms with Gasteiger partial charge in [0.05, 0.1) is 17.8 Å². The molecule has 0 aliphatic heterocycles. The number of hydrogen-bond donors (Lipinski definition) is 4. The van der Waals surface area contributed by atoms with Gasteiger partial charge in [0.15, 0.2) is 0 Å². The molecule has 0 amide bonds. The first-order chi connectivity index (χ1) is 12.3. The number of aliphatic hydroxyl groups is 3. The Morgan fingerprint density at radius 1 is 1.15 bits per heavy atom. The minimum absolute atomic E-state index is 0.0802. The standard InChI is InChI=1S/C21H36O5/c1-3-4-9-13-21(2,26)14-12-17-16(18(22)15-19(17)23)10-7-5-6-8-11-20(24)25/h5,7,12,14,16-19,22-23,26H,3-4,6,8-11,13,15H2,1-2H3,(H,24,25)/b7-5-,14-12+/t16?,17-,18+,19-,21-/m1/s1. The molecule has 5 nitrogen and oxygen atoms in total. The Morgan fingerprint density at radius 2 is 1.88 bits per heavy atom. The fourth-order valence-corrected chi connectivity index (χ4v) is 3.58. The van der Waals surface area contributed by atoms with Gasteiger partial charge in [-0.3, -0.25) is 4.79 Å². The van der Waals surface area contributed by atoms with Crippen molar-refractivity contribution in [2.45, 2.75) is 89.4 Å². The van der Waals surface area contributed by atoms with Crippen molar-refractivity contribution < 1.29 is 25.2 Å². The van der Waals surface area contributed by atoms with Crippen LogP contribution in [-0.4, -0.2) is 44.2 Å². The van der Waals surface area contributed by atoms with Crippen LogP contribution < -0.4 is 0 Å². The highest BCUT2D eigenvalue weighted by Crippen LogP contribution is 2.37. The van der Waals surface area contributed by atoms with Crippen LogP contribution in [0.2, 0.25) is 0 Å². The maximum atomic E-state index is 10.5. The van der Waals surface area contributed by atoms with Gasteiger partial charge < -0.3 is 20.4 Å². The van der Waals surface area contributed by atoms with Gasteiger partial charge in [0, 0.05) is 18.8 Å². The van der Waals surface area contributed by atoms with E-state index in [9.17, 15) is 20.1 Å². The maximum Gasteiger partial charge on any atom is 0.303 e. The second-order valence-electron chi connectivity index (χ2n) is 7.78. The molecule has 1 fully saturated rings. The Balaban J connectivity index is 2.56. The lowest BCUT2D eigenvalue weighted by Crippen LogP contribution is -2.24. The molecule has 0 heterocycles. The molecule has 4 N–H and O–H groups in total. The summed E-state index contributed by atoms with van der Waals surface area (Å²) in [4.78, 5) is 10.5. The van der Waals surface area contributed by atoms with Gasteiger partial charge in [-0.15, -0.1) is 0 Å². The number of allylic oxidation sites excluding steroid dienone is 2. The van der Waals surface area contributed by atoms with E-state index in [0.29, 0.717) is 32.1 Å². The predicted molar refractivity (Wildman–Crippen MR) is 103 cm³/mol. The molecule has 5 heteroatoms. The lowest BCUT2D eigenvalue weighted by atomic mass is 9.88. The van der Waals surface area contributed by atoms with Gasteiger partial charge in [-0.05, 0) is 38.5 Å². The fraction of sp³-hybridized carbons (Fsp3) is 0.762. The molecule has 0 aromatic heterocycles. The van der Waals surface area contributed by atoms with Crippen LogP contribution >= 0.6 is 0 Å². The molecule has 150 valence electrons. The average molecular weight is 369 g/mol. The van der Waals surface area contributed by atoms with Gasteiger partial charge in [0.1, 0.15) is 0 Å². The minimum Gasteiger partial charge on any atom is -0.481 e. The van der Waals surface area contributed by atoms with Crippen LogP contribution in [0.25, 0.3) is 0 Å². The number of aliphatic carboxylic acids is 1. The maximum absolute atomic E-state index is 10.5. The molecular formula is C21H36O5. The van der Waals surface area contributed by atoms with Crippen molar-refractivity contribution in [3.05, 3.63) is 24.3 Å².